The van der Waals surface area contributed by atoms with Crippen LogP contribution in [-0.4, -0.2) is 12.5 Å². The van der Waals surface area contributed by atoms with Gasteiger partial charge in [0.25, 0.3) is 0 Å². The summed E-state index contributed by atoms with van der Waals surface area (Å²) >= 11 is 12.4. The standard InChI is InChI=1S/C16H21Cl2F2N/c1-2-9-21-15(11-5-7-16(19,20)8-6-11)13-10-12(17)3-4-14(13)18/h3-4,10-11,15,21H,2,5-9H2,1H3. The van der Waals surface area contributed by atoms with E-state index < -0.39 is 5.92 Å². The number of halogens is 4. The van der Waals surface area contributed by atoms with Crippen LogP contribution in [0.15, 0.2) is 18.2 Å². The van der Waals surface area contributed by atoms with Gasteiger partial charge < -0.3 is 5.32 Å². The first-order valence-electron chi connectivity index (χ1n) is 7.49. The normalized spacial score (nSPS) is 20.4. The Morgan fingerprint density at radius 3 is 2.57 bits per heavy atom. The van der Waals surface area contributed by atoms with Gasteiger partial charge in [-0.25, -0.2) is 8.78 Å². The maximum Gasteiger partial charge on any atom is 0.248 e. The lowest BCUT2D eigenvalue weighted by Crippen LogP contribution is -2.34. The third kappa shape index (κ3) is 4.54. The van der Waals surface area contributed by atoms with E-state index >= 15 is 0 Å². The SMILES string of the molecule is CCCNC(c1cc(Cl)ccc1Cl)C1CCC(F)(F)CC1. The van der Waals surface area contributed by atoms with E-state index in [1.165, 1.54) is 0 Å². The molecule has 0 saturated heterocycles. The van der Waals surface area contributed by atoms with E-state index in [4.69, 9.17) is 23.2 Å². The summed E-state index contributed by atoms with van der Waals surface area (Å²) in [6.45, 7) is 2.92. The van der Waals surface area contributed by atoms with Gasteiger partial charge in [-0.05, 0) is 55.5 Å². The summed E-state index contributed by atoms with van der Waals surface area (Å²) in [5.41, 5.74) is 0.924. The van der Waals surface area contributed by atoms with Crippen LogP contribution in [0.3, 0.4) is 0 Å². The highest BCUT2D eigenvalue weighted by Crippen LogP contribution is 2.43. The number of hydrogen-bond donors (Lipinski definition) is 1. The first-order chi connectivity index (χ1) is 9.93. The van der Waals surface area contributed by atoms with Gasteiger partial charge in [-0.3, -0.25) is 0 Å². The molecule has 1 aromatic rings. The molecule has 1 unspecified atom stereocenters. The van der Waals surface area contributed by atoms with Gasteiger partial charge in [0, 0.05) is 28.9 Å². The van der Waals surface area contributed by atoms with E-state index in [-0.39, 0.29) is 24.8 Å². The van der Waals surface area contributed by atoms with Gasteiger partial charge in [-0.15, -0.1) is 0 Å². The average molecular weight is 336 g/mol. The highest BCUT2D eigenvalue weighted by atomic mass is 35.5. The van der Waals surface area contributed by atoms with Crippen LogP contribution in [0.2, 0.25) is 10.0 Å². The van der Waals surface area contributed by atoms with Crippen LogP contribution in [-0.2, 0) is 0 Å². The second-order valence-corrected chi connectivity index (χ2v) is 6.63. The Kier molecular flexibility index (Phi) is 5.87. The second-order valence-electron chi connectivity index (χ2n) is 5.79. The molecule has 118 valence electrons. The zero-order valence-electron chi connectivity index (χ0n) is 12.1. The number of rotatable bonds is 5. The van der Waals surface area contributed by atoms with Crippen molar-refractivity contribution in [1.29, 1.82) is 0 Å². The molecule has 1 aliphatic carbocycles. The molecule has 0 aromatic heterocycles. The lowest BCUT2D eigenvalue weighted by molar-refractivity contribution is -0.0497. The molecule has 0 radical (unpaired) electrons. The van der Waals surface area contributed by atoms with Crippen molar-refractivity contribution in [2.24, 2.45) is 5.92 Å². The lowest BCUT2D eigenvalue weighted by atomic mass is 9.79. The smallest absolute Gasteiger partial charge is 0.248 e. The summed E-state index contributed by atoms with van der Waals surface area (Å²) in [4.78, 5) is 0. The molecule has 1 saturated carbocycles. The fourth-order valence-electron chi connectivity index (χ4n) is 2.98. The molecule has 1 N–H and O–H groups in total. The maximum atomic E-state index is 13.4. The topological polar surface area (TPSA) is 12.0 Å². The van der Waals surface area contributed by atoms with Gasteiger partial charge in [0.15, 0.2) is 0 Å². The Hall–Kier alpha value is -0.380. The zero-order valence-corrected chi connectivity index (χ0v) is 13.7. The van der Waals surface area contributed by atoms with Crippen molar-refractivity contribution < 1.29 is 8.78 Å². The van der Waals surface area contributed by atoms with E-state index in [9.17, 15) is 8.78 Å². The minimum atomic E-state index is -2.51. The van der Waals surface area contributed by atoms with E-state index in [0.29, 0.717) is 22.9 Å². The predicted molar refractivity (Wildman–Crippen MR) is 84.4 cm³/mol. The van der Waals surface area contributed by atoms with Crippen molar-refractivity contribution >= 4 is 23.2 Å². The van der Waals surface area contributed by atoms with Gasteiger partial charge in [0.05, 0.1) is 0 Å². The Labute approximate surface area is 135 Å². The number of benzene rings is 1. The number of alkyl halides is 2. The summed E-state index contributed by atoms with van der Waals surface area (Å²) in [5, 5.41) is 4.73. The largest absolute Gasteiger partial charge is 0.310 e. The molecule has 0 heterocycles. The molecule has 1 fully saturated rings. The summed E-state index contributed by atoms with van der Waals surface area (Å²) in [7, 11) is 0. The minimum Gasteiger partial charge on any atom is -0.310 e. The van der Waals surface area contributed by atoms with Crippen LogP contribution in [0.4, 0.5) is 8.78 Å². The first kappa shape index (κ1) is 17.0. The van der Waals surface area contributed by atoms with E-state index in [2.05, 4.69) is 12.2 Å². The van der Waals surface area contributed by atoms with Crippen molar-refractivity contribution in [2.45, 2.75) is 51.0 Å². The molecule has 1 aliphatic rings. The highest BCUT2D eigenvalue weighted by molar-refractivity contribution is 6.33. The monoisotopic (exact) mass is 335 g/mol. The Balaban J connectivity index is 2.20. The van der Waals surface area contributed by atoms with Crippen molar-refractivity contribution in [3.63, 3.8) is 0 Å². The van der Waals surface area contributed by atoms with Gasteiger partial charge in [-0.1, -0.05) is 30.1 Å². The number of hydrogen-bond acceptors (Lipinski definition) is 1. The van der Waals surface area contributed by atoms with Crippen LogP contribution >= 0.6 is 23.2 Å². The summed E-state index contributed by atoms with van der Waals surface area (Å²) in [6, 6.07) is 5.37. The van der Waals surface area contributed by atoms with Crippen molar-refractivity contribution in [3.8, 4) is 0 Å². The van der Waals surface area contributed by atoms with Crippen molar-refractivity contribution in [1.82, 2.24) is 5.32 Å². The quantitative estimate of drug-likeness (QED) is 0.710. The number of nitrogens with one attached hydrogen (secondary N) is 1. The molecule has 0 amide bonds. The maximum absolute atomic E-state index is 13.4. The van der Waals surface area contributed by atoms with Crippen LogP contribution in [0.5, 0.6) is 0 Å². The molecule has 0 bridgehead atoms. The van der Waals surface area contributed by atoms with Crippen LogP contribution in [0.1, 0.15) is 50.6 Å². The van der Waals surface area contributed by atoms with Gasteiger partial charge in [0.2, 0.25) is 5.92 Å². The third-order valence-corrected chi connectivity index (χ3v) is 4.72. The molecular weight excluding hydrogens is 315 g/mol. The fourth-order valence-corrected chi connectivity index (χ4v) is 3.39. The molecule has 0 spiro atoms. The van der Waals surface area contributed by atoms with E-state index in [0.717, 1.165) is 18.5 Å². The summed E-state index contributed by atoms with van der Waals surface area (Å²) < 4.78 is 26.7. The van der Waals surface area contributed by atoms with Crippen LogP contribution in [0, 0.1) is 5.92 Å². The molecule has 21 heavy (non-hydrogen) atoms. The van der Waals surface area contributed by atoms with Crippen LogP contribution < -0.4 is 5.32 Å². The van der Waals surface area contributed by atoms with E-state index in [1.54, 1.807) is 12.1 Å². The van der Waals surface area contributed by atoms with Crippen molar-refractivity contribution in [2.75, 3.05) is 6.54 Å². The molecule has 1 atom stereocenters. The lowest BCUT2D eigenvalue weighted by Gasteiger charge is -2.35. The minimum absolute atomic E-state index is 0.00718. The Morgan fingerprint density at radius 2 is 1.95 bits per heavy atom. The molecule has 2 rings (SSSR count). The molecule has 1 nitrogen and oxygen atoms in total. The molecule has 1 aromatic carbocycles. The third-order valence-electron chi connectivity index (χ3n) is 4.14. The molecule has 5 heteroatoms. The molecule has 0 aliphatic heterocycles. The van der Waals surface area contributed by atoms with E-state index in [1.807, 2.05) is 6.07 Å². The molecular formula is C16H21Cl2F2N. The zero-order chi connectivity index (χ0) is 15.5. The predicted octanol–water partition coefficient (Wildman–Crippen LogP) is 5.86. The second kappa shape index (κ2) is 7.26. The Morgan fingerprint density at radius 1 is 1.29 bits per heavy atom. The van der Waals surface area contributed by atoms with Crippen molar-refractivity contribution in [3.05, 3.63) is 33.8 Å². The first-order valence-corrected chi connectivity index (χ1v) is 8.24. The summed E-state index contributed by atoms with van der Waals surface area (Å²) in [5.74, 6) is -2.34. The van der Waals surface area contributed by atoms with Gasteiger partial charge in [0.1, 0.15) is 0 Å². The fraction of sp³-hybridized carbons (Fsp3) is 0.625. The van der Waals surface area contributed by atoms with Gasteiger partial charge >= 0.3 is 0 Å². The van der Waals surface area contributed by atoms with Crippen LogP contribution in [0.25, 0.3) is 0 Å². The summed E-state index contributed by atoms with van der Waals surface area (Å²) in [6.07, 6.45) is 1.92. The Bertz CT molecular complexity index is 469. The van der Waals surface area contributed by atoms with Gasteiger partial charge in [-0.2, -0.15) is 0 Å². The highest BCUT2D eigenvalue weighted by Gasteiger charge is 2.38. The average Bonchev–Trinajstić information content (AvgIpc) is 2.44.